The molecular weight excluding hydrogens is 320 g/mol. The number of hydrogen-bond acceptors (Lipinski definition) is 7. The number of sulfonamides is 1. The molecule has 0 saturated carbocycles. The van der Waals surface area contributed by atoms with Crippen molar-refractivity contribution in [2.45, 2.75) is 24.8 Å². The van der Waals surface area contributed by atoms with Crippen LogP contribution in [-0.2, 0) is 10.0 Å². The minimum Gasteiger partial charge on any atom is -0.483 e. The maximum atomic E-state index is 12.4. The highest BCUT2D eigenvalue weighted by Gasteiger charge is 2.21. The van der Waals surface area contributed by atoms with Gasteiger partial charge in [-0.25, -0.2) is 13.4 Å². The molecule has 0 spiro atoms. The van der Waals surface area contributed by atoms with Gasteiger partial charge in [-0.15, -0.1) is 0 Å². The molecule has 1 aromatic heterocycles. The molecule has 124 valence electrons. The van der Waals surface area contributed by atoms with Crippen LogP contribution in [-0.4, -0.2) is 31.6 Å². The van der Waals surface area contributed by atoms with Crippen molar-refractivity contribution >= 4 is 21.5 Å². The van der Waals surface area contributed by atoms with Crippen LogP contribution in [0.2, 0.25) is 0 Å². The maximum Gasteiger partial charge on any atom is 0.263 e. The molecule has 0 saturated heterocycles. The summed E-state index contributed by atoms with van der Waals surface area (Å²) in [6.45, 7) is 3.59. The molecule has 0 aliphatic carbocycles. The largest absolute Gasteiger partial charge is 0.483 e. The Morgan fingerprint density at radius 1 is 1.17 bits per heavy atom. The second kappa shape index (κ2) is 6.69. The number of hydrogen-bond donors (Lipinski definition) is 2. The number of aromatic nitrogens is 2. The summed E-state index contributed by atoms with van der Waals surface area (Å²) >= 11 is 0. The first-order valence-corrected chi connectivity index (χ1v) is 8.26. The van der Waals surface area contributed by atoms with Crippen LogP contribution in [0.15, 0.2) is 35.5 Å². The third kappa shape index (κ3) is 4.01. The van der Waals surface area contributed by atoms with E-state index in [4.69, 9.17) is 15.2 Å². The van der Waals surface area contributed by atoms with Gasteiger partial charge in [0, 0.05) is 5.69 Å². The van der Waals surface area contributed by atoms with Crippen LogP contribution in [0.25, 0.3) is 0 Å². The first-order chi connectivity index (χ1) is 10.8. The summed E-state index contributed by atoms with van der Waals surface area (Å²) in [5, 5.41) is 0. The van der Waals surface area contributed by atoms with Gasteiger partial charge in [0.1, 0.15) is 6.33 Å². The summed E-state index contributed by atoms with van der Waals surface area (Å²) in [5.74, 6) is 0.273. The second-order valence-electron chi connectivity index (χ2n) is 4.90. The van der Waals surface area contributed by atoms with Crippen molar-refractivity contribution in [1.82, 2.24) is 9.97 Å². The summed E-state index contributed by atoms with van der Waals surface area (Å²) in [5.41, 5.74) is 6.04. The summed E-state index contributed by atoms with van der Waals surface area (Å²) < 4.78 is 37.9. The van der Waals surface area contributed by atoms with Crippen molar-refractivity contribution in [3.05, 3.63) is 30.6 Å². The van der Waals surface area contributed by atoms with Crippen molar-refractivity contribution in [3.8, 4) is 11.6 Å². The number of nitrogens with two attached hydrogens (primary N) is 1. The van der Waals surface area contributed by atoms with E-state index < -0.39 is 10.0 Å². The molecule has 0 aliphatic rings. The maximum absolute atomic E-state index is 12.4. The van der Waals surface area contributed by atoms with Crippen molar-refractivity contribution in [2.24, 2.45) is 0 Å². The molecule has 0 atom stereocenters. The molecule has 0 amide bonds. The van der Waals surface area contributed by atoms with Gasteiger partial charge in [-0.05, 0) is 38.1 Å². The third-order valence-electron chi connectivity index (χ3n) is 2.74. The zero-order chi connectivity index (χ0) is 17.0. The van der Waals surface area contributed by atoms with E-state index in [-0.39, 0.29) is 28.4 Å². The van der Waals surface area contributed by atoms with Crippen LogP contribution in [0.5, 0.6) is 11.6 Å². The molecule has 9 heteroatoms. The van der Waals surface area contributed by atoms with Crippen LogP contribution >= 0.6 is 0 Å². The normalized spacial score (nSPS) is 11.3. The van der Waals surface area contributed by atoms with Crippen molar-refractivity contribution in [1.29, 1.82) is 0 Å². The Bertz CT molecular complexity index is 776. The van der Waals surface area contributed by atoms with Gasteiger partial charge in [0.15, 0.2) is 5.82 Å². The molecule has 0 aliphatic heterocycles. The molecule has 3 N–H and O–H groups in total. The Balaban J connectivity index is 2.40. The van der Waals surface area contributed by atoms with E-state index in [0.717, 1.165) is 0 Å². The Hall–Kier alpha value is -2.55. The Morgan fingerprint density at radius 2 is 1.83 bits per heavy atom. The molecule has 0 fully saturated rings. The Labute approximate surface area is 134 Å². The first kappa shape index (κ1) is 16.8. The average Bonchev–Trinajstić information content (AvgIpc) is 2.48. The Morgan fingerprint density at radius 3 is 2.39 bits per heavy atom. The van der Waals surface area contributed by atoms with Crippen LogP contribution < -0.4 is 19.9 Å². The van der Waals surface area contributed by atoms with E-state index in [1.165, 1.54) is 37.7 Å². The van der Waals surface area contributed by atoms with E-state index in [2.05, 4.69) is 14.7 Å². The van der Waals surface area contributed by atoms with Crippen LogP contribution in [0, 0.1) is 0 Å². The molecule has 2 aromatic rings. The van der Waals surface area contributed by atoms with Crippen molar-refractivity contribution < 1.29 is 17.9 Å². The zero-order valence-corrected chi connectivity index (χ0v) is 13.8. The van der Waals surface area contributed by atoms with Crippen molar-refractivity contribution in [3.63, 3.8) is 0 Å². The lowest BCUT2D eigenvalue weighted by atomic mass is 10.3. The molecule has 2 rings (SSSR count). The quantitative estimate of drug-likeness (QED) is 0.769. The van der Waals surface area contributed by atoms with Gasteiger partial charge in [-0.1, -0.05) is 0 Å². The van der Waals surface area contributed by atoms with Gasteiger partial charge < -0.3 is 15.2 Å². The minimum atomic E-state index is -3.84. The lowest BCUT2D eigenvalue weighted by Gasteiger charge is -2.16. The van der Waals surface area contributed by atoms with E-state index in [1.54, 1.807) is 13.8 Å². The number of ether oxygens (including phenoxy) is 2. The lowest BCUT2D eigenvalue weighted by molar-refractivity contribution is 0.227. The number of nitrogens with zero attached hydrogens (tertiary/aromatic N) is 2. The van der Waals surface area contributed by atoms with Gasteiger partial charge in [-0.3, -0.25) is 4.72 Å². The van der Waals surface area contributed by atoms with Gasteiger partial charge in [0.05, 0.1) is 18.1 Å². The summed E-state index contributed by atoms with van der Waals surface area (Å²) in [7, 11) is -2.43. The van der Waals surface area contributed by atoms with Crippen LogP contribution in [0.1, 0.15) is 13.8 Å². The fourth-order valence-corrected chi connectivity index (χ4v) is 2.76. The lowest BCUT2D eigenvalue weighted by Crippen LogP contribution is -2.17. The fourth-order valence-electron chi connectivity index (χ4n) is 1.75. The van der Waals surface area contributed by atoms with Gasteiger partial charge in [0.2, 0.25) is 5.75 Å². The predicted octanol–water partition coefficient (Wildman–Crippen LogP) is 1.66. The second-order valence-corrected chi connectivity index (χ2v) is 6.58. The summed E-state index contributed by atoms with van der Waals surface area (Å²) in [4.78, 5) is 7.91. The smallest absolute Gasteiger partial charge is 0.263 e. The molecule has 0 radical (unpaired) electrons. The number of methoxy groups -OCH3 is 1. The van der Waals surface area contributed by atoms with E-state index in [9.17, 15) is 8.42 Å². The molecule has 8 nitrogen and oxygen atoms in total. The minimum absolute atomic E-state index is 0.00220. The summed E-state index contributed by atoms with van der Waals surface area (Å²) in [6.07, 6.45) is 0.974. The standard InChI is InChI=1S/C14H18N4O4S/c1-9(2)22-12-13(16-8-17-14(12)21-3)18-23(19,20)11-6-4-10(15)5-7-11/h4-9H,15H2,1-3H3,(H,16,17,18). The molecular formula is C14H18N4O4S. The third-order valence-corrected chi connectivity index (χ3v) is 4.09. The number of rotatable bonds is 6. The Kier molecular flexibility index (Phi) is 4.89. The fraction of sp³-hybridized carbons (Fsp3) is 0.286. The van der Waals surface area contributed by atoms with Gasteiger partial charge in [-0.2, -0.15) is 4.98 Å². The predicted molar refractivity (Wildman–Crippen MR) is 86.0 cm³/mol. The molecule has 0 unspecified atom stereocenters. The molecule has 0 bridgehead atoms. The molecule has 1 heterocycles. The summed E-state index contributed by atoms with van der Waals surface area (Å²) in [6, 6.07) is 5.80. The SMILES string of the molecule is COc1ncnc(NS(=O)(=O)c2ccc(N)cc2)c1OC(C)C. The first-order valence-electron chi connectivity index (χ1n) is 6.77. The van der Waals surface area contributed by atoms with E-state index >= 15 is 0 Å². The van der Waals surface area contributed by atoms with Gasteiger partial charge in [0.25, 0.3) is 15.9 Å². The van der Waals surface area contributed by atoms with Crippen LogP contribution in [0.3, 0.4) is 0 Å². The van der Waals surface area contributed by atoms with Crippen LogP contribution in [0.4, 0.5) is 11.5 Å². The van der Waals surface area contributed by atoms with E-state index in [0.29, 0.717) is 5.69 Å². The molecule has 23 heavy (non-hydrogen) atoms. The number of benzene rings is 1. The number of anilines is 2. The number of nitrogens with one attached hydrogen (secondary N) is 1. The number of nitrogen functional groups attached to an aromatic ring is 1. The highest BCUT2D eigenvalue weighted by molar-refractivity contribution is 7.92. The average molecular weight is 338 g/mol. The zero-order valence-electron chi connectivity index (χ0n) is 13.0. The monoisotopic (exact) mass is 338 g/mol. The van der Waals surface area contributed by atoms with Crippen molar-refractivity contribution in [2.75, 3.05) is 17.6 Å². The topological polar surface area (TPSA) is 116 Å². The highest BCUT2D eigenvalue weighted by atomic mass is 32.2. The molecule has 1 aromatic carbocycles. The highest BCUT2D eigenvalue weighted by Crippen LogP contribution is 2.33. The van der Waals surface area contributed by atoms with E-state index in [1.807, 2.05) is 0 Å². The van der Waals surface area contributed by atoms with Gasteiger partial charge >= 0.3 is 0 Å².